The van der Waals surface area contributed by atoms with E-state index in [0.29, 0.717) is 12.6 Å². The highest BCUT2D eigenvalue weighted by molar-refractivity contribution is 7.80. The van der Waals surface area contributed by atoms with Crippen LogP contribution in [0.3, 0.4) is 0 Å². The minimum absolute atomic E-state index is 0.378. The second-order valence-corrected chi connectivity index (χ2v) is 1.77. The van der Waals surface area contributed by atoms with Crippen LogP contribution in [-0.2, 0) is 0 Å². The standard InChI is InChI=1S/C4H12N2S/c1-6-4(2-5)3-7/h4,6-7H,2-3,5H2,1H3/t4-/m1/s1. The van der Waals surface area contributed by atoms with Crippen molar-refractivity contribution in [3.05, 3.63) is 0 Å². The maximum atomic E-state index is 5.28. The monoisotopic (exact) mass is 120 g/mol. The molecule has 1 atom stereocenters. The van der Waals surface area contributed by atoms with Crippen LogP contribution >= 0.6 is 12.6 Å². The Balaban J connectivity index is 2.99. The van der Waals surface area contributed by atoms with Crippen molar-refractivity contribution in [3.8, 4) is 0 Å². The van der Waals surface area contributed by atoms with E-state index in [1.807, 2.05) is 7.05 Å². The summed E-state index contributed by atoms with van der Waals surface area (Å²) in [6, 6.07) is 0.378. The smallest absolute Gasteiger partial charge is 0.0275 e. The second-order valence-electron chi connectivity index (χ2n) is 1.40. The molecule has 0 spiro atoms. The van der Waals surface area contributed by atoms with Crippen LogP contribution in [0.2, 0.25) is 0 Å². The van der Waals surface area contributed by atoms with E-state index in [4.69, 9.17) is 5.73 Å². The van der Waals surface area contributed by atoms with E-state index in [2.05, 4.69) is 17.9 Å². The van der Waals surface area contributed by atoms with Gasteiger partial charge in [0.05, 0.1) is 0 Å². The molecule has 0 saturated heterocycles. The van der Waals surface area contributed by atoms with Crippen molar-refractivity contribution in [1.29, 1.82) is 0 Å². The van der Waals surface area contributed by atoms with Gasteiger partial charge in [-0.05, 0) is 7.05 Å². The van der Waals surface area contributed by atoms with Gasteiger partial charge in [-0.1, -0.05) is 0 Å². The lowest BCUT2D eigenvalue weighted by Crippen LogP contribution is -2.34. The number of nitrogens with two attached hydrogens (primary N) is 1. The molecule has 0 unspecified atom stereocenters. The number of rotatable bonds is 3. The summed E-state index contributed by atoms with van der Waals surface area (Å²) >= 11 is 4.03. The fourth-order valence-electron chi connectivity index (χ4n) is 0.284. The number of likely N-dealkylation sites (N-methyl/N-ethyl adjacent to an activating group) is 1. The minimum atomic E-state index is 0.378. The fourth-order valence-corrected chi connectivity index (χ4v) is 0.615. The second kappa shape index (κ2) is 4.43. The van der Waals surface area contributed by atoms with Gasteiger partial charge in [-0.3, -0.25) is 0 Å². The molecule has 3 N–H and O–H groups in total. The molecule has 0 aromatic carbocycles. The maximum Gasteiger partial charge on any atom is 0.0275 e. The molecule has 0 aliphatic rings. The third kappa shape index (κ3) is 2.91. The lowest BCUT2D eigenvalue weighted by Gasteiger charge is -2.07. The van der Waals surface area contributed by atoms with Crippen LogP contribution in [0.1, 0.15) is 0 Å². The van der Waals surface area contributed by atoms with Crippen LogP contribution < -0.4 is 11.1 Å². The molecular formula is C4H12N2S. The van der Waals surface area contributed by atoms with Gasteiger partial charge in [-0.15, -0.1) is 0 Å². The number of nitrogens with one attached hydrogen (secondary N) is 1. The molecule has 2 nitrogen and oxygen atoms in total. The molecule has 3 heteroatoms. The van der Waals surface area contributed by atoms with Crippen molar-refractivity contribution in [3.63, 3.8) is 0 Å². The van der Waals surface area contributed by atoms with Crippen molar-refractivity contribution in [2.75, 3.05) is 19.3 Å². The van der Waals surface area contributed by atoms with Gasteiger partial charge in [-0.25, -0.2) is 0 Å². The van der Waals surface area contributed by atoms with Crippen LogP contribution in [0.25, 0.3) is 0 Å². The Morgan fingerprint density at radius 2 is 2.43 bits per heavy atom. The minimum Gasteiger partial charge on any atom is -0.329 e. The van der Waals surface area contributed by atoms with Gasteiger partial charge in [0.1, 0.15) is 0 Å². The first-order chi connectivity index (χ1) is 3.35. The van der Waals surface area contributed by atoms with Crippen molar-refractivity contribution in [2.24, 2.45) is 5.73 Å². The van der Waals surface area contributed by atoms with Gasteiger partial charge in [-0.2, -0.15) is 12.6 Å². The first-order valence-corrected chi connectivity index (χ1v) is 2.96. The summed E-state index contributed by atoms with van der Waals surface area (Å²) in [7, 11) is 1.88. The van der Waals surface area contributed by atoms with E-state index in [1.165, 1.54) is 0 Å². The Bertz CT molecular complexity index is 31.2. The molecule has 0 saturated carbocycles. The van der Waals surface area contributed by atoms with E-state index >= 15 is 0 Å². The SMILES string of the molecule is CN[C@H](CN)CS. The average molecular weight is 120 g/mol. The number of hydrogen-bond donors (Lipinski definition) is 3. The Labute approximate surface area is 49.9 Å². The highest BCUT2D eigenvalue weighted by Crippen LogP contribution is 1.80. The van der Waals surface area contributed by atoms with E-state index in [0.717, 1.165) is 5.75 Å². The molecule has 0 fully saturated rings. The van der Waals surface area contributed by atoms with E-state index in [1.54, 1.807) is 0 Å². The topological polar surface area (TPSA) is 38.0 Å². The lowest BCUT2D eigenvalue weighted by atomic mass is 10.3. The van der Waals surface area contributed by atoms with Gasteiger partial charge in [0.15, 0.2) is 0 Å². The van der Waals surface area contributed by atoms with E-state index in [9.17, 15) is 0 Å². The van der Waals surface area contributed by atoms with Crippen LogP contribution in [0.5, 0.6) is 0 Å². The summed E-state index contributed by atoms with van der Waals surface area (Å²) in [6.45, 7) is 0.667. The Kier molecular flexibility index (Phi) is 4.60. The molecule has 0 bridgehead atoms. The summed E-state index contributed by atoms with van der Waals surface area (Å²) in [6.07, 6.45) is 0. The highest BCUT2D eigenvalue weighted by Gasteiger charge is 1.95. The number of hydrogen-bond acceptors (Lipinski definition) is 3. The molecular weight excluding hydrogens is 108 g/mol. The summed E-state index contributed by atoms with van der Waals surface area (Å²) in [5, 5.41) is 3.00. The predicted octanol–water partition coefficient (Wildman–Crippen LogP) is -0.537. The Hall–Kier alpha value is 0.270. The first kappa shape index (κ1) is 7.27. The molecule has 0 aromatic rings. The van der Waals surface area contributed by atoms with Gasteiger partial charge >= 0.3 is 0 Å². The van der Waals surface area contributed by atoms with E-state index in [-0.39, 0.29) is 0 Å². The average Bonchev–Trinajstić information content (AvgIpc) is 1.72. The number of thiol groups is 1. The normalized spacial score (nSPS) is 14.1. The van der Waals surface area contributed by atoms with Crippen molar-refractivity contribution in [1.82, 2.24) is 5.32 Å². The fraction of sp³-hybridized carbons (Fsp3) is 1.00. The zero-order chi connectivity index (χ0) is 5.70. The predicted molar refractivity (Wildman–Crippen MR) is 35.8 cm³/mol. The van der Waals surface area contributed by atoms with Crippen LogP contribution in [0.4, 0.5) is 0 Å². The van der Waals surface area contributed by atoms with Gasteiger partial charge in [0.25, 0.3) is 0 Å². The van der Waals surface area contributed by atoms with Crippen molar-refractivity contribution < 1.29 is 0 Å². The quantitative estimate of drug-likeness (QED) is 0.438. The Morgan fingerprint density at radius 1 is 1.86 bits per heavy atom. The molecule has 0 aromatic heterocycles. The molecule has 0 aliphatic heterocycles. The molecule has 0 aliphatic carbocycles. The van der Waals surface area contributed by atoms with Crippen molar-refractivity contribution in [2.45, 2.75) is 6.04 Å². The summed E-state index contributed by atoms with van der Waals surface area (Å²) < 4.78 is 0. The van der Waals surface area contributed by atoms with Crippen LogP contribution in [0, 0.1) is 0 Å². The zero-order valence-electron chi connectivity index (χ0n) is 4.52. The molecule has 0 amide bonds. The van der Waals surface area contributed by atoms with Crippen molar-refractivity contribution >= 4 is 12.6 Å². The Morgan fingerprint density at radius 3 is 2.43 bits per heavy atom. The largest absolute Gasteiger partial charge is 0.329 e. The zero-order valence-corrected chi connectivity index (χ0v) is 5.41. The molecule has 0 heterocycles. The van der Waals surface area contributed by atoms with Crippen LogP contribution in [0.15, 0.2) is 0 Å². The third-order valence-electron chi connectivity index (χ3n) is 0.913. The van der Waals surface area contributed by atoms with E-state index < -0.39 is 0 Å². The van der Waals surface area contributed by atoms with Gasteiger partial charge in [0.2, 0.25) is 0 Å². The summed E-state index contributed by atoms with van der Waals surface area (Å²) in [5.41, 5.74) is 5.28. The third-order valence-corrected chi connectivity index (χ3v) is 1.35. The lowest BCUT2D eigenvalue weighted by molar-refractivity contribution is 0.631. The summed E-state index contributed by atoms with van der Waals surface area (Å²) in [4.78, 5) is 0. The molecule has 0 radical (unpaired) electrons. The maximum absolute atomic E-state index is 5.28. The molecule has 44 valence electrons. The molecule has 7 heavy (non-hydrogen) atoms. The van der Waals surface area contributed by atoms with Gasteiger partial charge in [0, 0.05) is 18.3 Å². The summed E-state index contributed by atoms with van der Waals surface area (Å²) in [5.74, 6) is 0.812. The first-order valence-electron chi connectivity index (χ1n) is 2.33. The highest BCUT2D eigenvalue weighted by atomic mass is 32.1. The van der Waals surface area contributed by atoms with Crippen LogP contribution in [-0.4, -0.2) is 25.4 Å². The van der Waals surface area contributed by atoms with Gasteiger partial charge < -0.3 is 11.1 Å². The molecule has 0 rings (SSSR count).